The minimum atomic E-state index is 0.840. The van der Waals surface area contributed by atoms with Gasteiger partial charge in [0.15, 0.2) is 0 Å². The quantitative estimate of drug-likeness (QED) is 0.521. The van der Waals surface area contributed by atoms with Gasteiger partial charge in [-0.05, 0) is 0 Å². The average Bonchev–Trinajstić information content (AvgIpc) is 2.14. The summed E-state index contributed by atoms with van der Waals surface area (Å²) in [4.78, 5) is 0. The Bertz CT molecular complexity index is 189. The van der Waals surface area contributed by atoms with Crippen molar-refractivity contribution in [1.29, 1.82) is 5.41 Å². The third kappa shape index (κ3) is 0.753. The second kappa shape index (κ2) is 1.78. The fourth-order valence-electron chi connectivity index (χ4n) is 0.515. The van der Waals surface area contributed by atoms with E-state index >= 15 is 0 Å². The maximum Gasteiger partial charge on any atom is 0.0577 e. The second-order valence-corrected chi connectivity index (χ2v) is 1.59. The van der Waals surface area contributed by atoms with Crippen LogP contribution in [0.4, 0.5) is 0 Å². The van der Waals surface area contributed by atoms with Gasteiger partial charge in [0.2, 0.25) is 0 Å². The van der Waals surface area contributed by atoms with E-state index in [1.807, 2.05) is 7.05 Å². The Balaban J connectivity index is 3.00. The number of nitrogens with zero attached hydrogens (tertiary/aromatic N) is 2. The topological polar surface area (TPSA) is 41.7 Å². The lowest BCUT2D eigenvalue weighted by Gasteiger charge is -1.78. The van der Waals surface area contributed by atoms with E-state index in [-0.39, 0.29) is 0 Å². The van der Waals surface area contributed by atoms with Crippen LogP contribution in [-0.2, 0) is 7.05 Å². The van der Waals surface area contributed by atoms with Crippen LogP contribution in [0.25, 0.3) is 0 Å². The van der Waals surface area contributed by atoms with Crippen molar-refractivity contribution < 1.29 is 0 Å². The van der Waals surface area contributed by atoms with Crippen molar-refractivity contribution in [1.82, 2.24) is 9.78 Å². The van der Waals surface area contributed by atoms with Crippen LogP contribution in [0, 0.1) is 5.41 Å². The fourth-order valence-corrected chi connectivity index (χ4v) is 0.515. The van der Waals surface area contributed by atoms with Gasteiger partial charge in [-0.25, -0.2) is 0 Å². The fraction of sp³-hybridized carbons (Fsp3) is 0.200. The van der Waals surface area contributed by atoms with Crippen molar-refractivity contribution >= 4 is 6.21 Å². The molecule has 0 spiro atoms. The second-order valence-electron chi connectivity index (χ2n) is 1.59. The lowest BCUT2D eigenvalue weighted by molar-refractivity contribution is 0.767. The van der Waals surface area contributed by atoms with Crippen LogP contribution in [0.2, 0.25) is 0 Å². The molecule has 0 saturated carbocycles. The lowest BCUT2D eigenvalue weighted by atomic mass is 10.4. The van der Waals surface area contributed by atoms with Gasteiger partial charge in [0.05, 0.1) is 6.20 Å². The molecule has 0 saturated heterocycles. The molecule has 3 nitrogen and oxygen atoms in total. The average molecular weight is 109 g/mol. The molecule has 8 heavy (non-hydrogen) atoms. The van der Waals surface area contributed by atoms with E-state index in [9.17, 15) is 0 Å². The first kappa shape index (κ1) is 5.03. The normalized spacial score (nSPS) is 9.12. The molecule has 0 atom stereocenters. The predicted molar refractivity (Wildman–Crippen MR) is 31.1 cm³/mol. The summed E-state index contributed by atoms with van der Waals surface area (Å²) in [6, 6.07) is 0. The Labute approximate surface area is 47.5 Å². The zero-order valence-electron chi connectivity index (χ0n) is 4.63. The van der Waals surface area contributed by atoms with Crippen molar-refractivity contribution in [2.75, 3.05) is 0 Å². The predicted octanol–water partition coefficient (Wildman–Crippen LogP) is 0.418. The Morgan fingerprint density at radius 3 is 2.88 bits per heavy atom. The van der Waals surface area contributed by atoms with Crippen molar-refractivity contribution in [3.63, 3.8) is 0 Å². The molecule has 1 aromatic heterocycles. The van der Waals surface area contributed by atoms with Crippen LogP contribution in [-0.4, -0.2) is 16.0 Å². The zero-order chi connectivity index (χ0) is 5.98. The third-order valence-corrected chi connectivity index (χ3v) is 0.892. The molecule has 0 unspecified atom stereocenters. The number of rotatable bonds is 1. The third-order valence-electron chi connectivity index (χ3n) is 0.892. The van der Waals surface area contributed by atoms with Gasteiger partial charge in [-0.2, -0.15) is 5.10 Å². The maximum atomic E-state index is 6.78. The van der Waals surface area contributed by atoms with Crippen molar-refractivity contribution in [2.45, 2.75) is 0 Å². The molecule has 0 radical (unpaired) electrons. The van der Waals surface area contributed by atoms with E-state index < -0.39 is 0 Å². The van der Waals surface area contributed by atoms with Crippen LogP contribution >= 0.6 is 0 Å². The summed E-state index contributed by atoms with van der Waals surface area (Å²) in [6.07, 6.45) is 4.70. The molecule has 1 aromatic rings. The molecule has 1 N–H and O–H groups in total. The minimum absolute atomic E-state index is 0.840. The minimum Gasteiger partial charge on any atom is -0.308 e. The number of aromatic nitrogens is 2. The van der Waals surface area contributed by atoms with Gasteiger partial charge < -0.3 is 5.41 Å². The molecule has 0 amide bonds. The van der Waals surface area contributed by atoms with E-state index in [0.29, 0.717) is 0 Å². The standard InChI is InChI=1S/C5H7N3/c1-8-4-5(2-6)3-7-8/h2-4,6H,1H3. The largest absolute Gasteiger partial charge is 0.308 e. The van der Waals surface area contributed by atoms with Crippen molar-refractivity contribution in [3.05, 3.63) is 18.0 Å². The summed E-state index contributed by atoms with van der Waals surface area (Å²) in [6.45, 7) is 0. The maximum absolute atomic E-state index is 6.78. The van der Waals surface area contributed by atoms with Crippen molar-refractivity contribution in [2.24, 2.45) is 7.05 Å². The number of nitrogens with one attached hydrogen (secondary N) is 1. The monoisotopic (exact) mass is 109 g/mol. The molecule has 3 heteroatoms. The van der Waals surface area contributed by atoms with Gasteiger partial charge in [0.1, 0.15) is 0 Å². The summed E-state index contributed by atoms with van der Waals surface area (Å²) in [5.41, 5.74) is 0.840. The first-order valence-corrected chi connectivity index (χ1v) is 2.32. The number of aryl methyl sites for hydroxylation is 1. The van der Waals surface area contributed by atoms with Gasteiger partial charge in [-0.1, -0.05) is 0 Å². The van der Waals surface area contributed by atoms with Crippen LogP contribution < -0.4 is 0 Å². The summed E-state index contributed by atoms with van der Waals surface area (Å²) >= 11 is 0. The van der Waals surface area contributed by atoms with E-state index in [4.69, 9.17) is 5.41 Å². The molecule has 1 rings (SSSR count). The first-order chi connectivity index (χ1) is 3.83. The van der Waals surface area contributed by atoms with E-state index in [1.54, 1.807) is 17.1 Å². The molecule has 42 valence electrons. The number of hydrogen-bond acceptors (Lipinski definition) is 2. The molecule has 0 aliphatic rings. The molecule has 0 aliphatic carbocycles. The SMILES string of the molecule is Cn1cc(C=N)cn1. The van der Waals surface area contributed by atoms with Crippen molar-refractivity contribution in [3.8, 4) is 0 Å². The summed E-state index contributed by atoms with van der Waals surface area (Å²) in [5, 5.41) is 10.6. The van der Waals surface area contributed by atoms with Gasteiger partial charge >= 0.3 is 0 Å². The Morgan fingerprint density at radius 2 is 2.62 bits per heavy atom. The highest BCUT2D eigenvalue weighted by Gasteiger charge is 1.86. The van der Waals surface area contributed by atoms with Gasteiger partial charge in [-0.3, -0.25) is 4.68 Å². The van der Waals surface area contributed by atoms with Crippen LogP contribution in [0.3, 0.4) is 0 Å². The highest BCUT2D eigenvalue weighted by Crippen LogP contribution is 1.88. The van der Waals surface area contributed by atoms with Gasteiger partial charge in [0.25, 0.3) is 0 Å². The molecular weight excluding hydrogens is 102 g/mol. The van der Waals surface area contributed by atoms with Gasteiger partial charge in [-0.15, -0.1) is 0 Å². The first-order valence-electron chi connectivity index (χ1n) is 2.32. The Morgan fingerprint density at radius 1 is 1.88 bits per heavy atom. The van der Waals surface area contributed by atoms with E-state index in [0.717, 1.165) is 5.56 Å². The molecule has 0 aromatic carbocycles. The van der Waals surface area contributed by atoms with Gasteiger partial charge in [0, 0.05) is 25.0 Å². The van der Waals surface area contributed by atoms with Crippen LogP contribution in [0.1, 0.15) is 5.56 Å². The number of hydrogen-bond donors (Lipinski definition) is 1. The highest BCUT2D eigenvalue weighted by atomic mass is 15.2. The smallest absolute Gasteiger partial charge is 0.0577 e. The summed E-state index contributed by atoms with van der Waals surface area (Å²) in [5.74, 6) is 0. The lowest BCUT2D eigenvalue weighted by Crippen LogP contribution is -1.84. The summed E-state index contributed by atoms with van der Waals surface area (Å²) in [7, 11) is 1.83. The molecule has 1 heterocycles. The summed E-state index contributed by atoms with van der Waals surface area (Å²) < 4.78 is 1.67. The Hall–Kier alpha value is -1.12. The molecular formula is C5H7N3. The van der Waals surface area contributed by atoms with E-state index in [1.165, 1.54) is 6.21 Å². The molecule has 0 bridgehead atoms. The Kier molecular flexibility index (Phi) is 1.12. The highest BCUT2D eigenvalue weighted by molar-refractivity contribution is 5.75. The molecule has 0 fully saturated rings. The van der Waals surface area contributed by atoms with Crippen LogP contribution in [0.15, 0.2) is 12.4 Å². The van der Waals surface area contributed by atoms with Crippen LogP contribution in [0.5, 0.6) is 0 Å². The van der Waals surface area contributed by atoms with E-state index in [2.05, 4.69) is 5.10 Å². The molecule has 0 aliphatic heterocycles. The zero-order valence-corrected chi connectivity index (χ0v) is 4.63.